The van der Waals surface area contributed by atoms with Crippen LogP contribution in [-0.4, -0.2) is 0 Å². The molecule has 2 heteroatoms. The molecule has 1 nitrogen and oxygen atoms in total. The SMILES string of the molecule is CCCCc1ccc(CCC2CCC(/C=C/C=C(\F)C#N)CC2)cc1. The quantitative estimate of drug-likeness (QED) is 0.382. The van der Waals surface area contributed by atoms with E-state index in [1.165, 1.54) is 81.1 Å². The van der Waals surface area contributed by atoms with Gasteiger partial charge in [0, 0.05) is 0 Å². The van der Waals surface area contributed by atoms with Gasteiger partial charge in [-0.25, -0.2) is 0 Å². The van der Waals surface area contributed by atoms with Crippen LogP contribution in [0.3, 0.4) is 0 Å². The van der Waals surface area contributed by atoms with E-state index >= 15 is 0 Å². The Labute approximate surface area is 152 Å². The summed E-state index contributed by atoms with van der Waals surface area (Å²) in [6.07, 6.45) is 16.1. The minimum atomic E-state index is -0.717. The molecule has 0 aliphatic heterocycles. The van der Waals surface area contributed by atoms with Gasteiger partial charge in [0.1, 0.15) is 6.07 Å². The van der Waals surface area contributed by atoms with Gasteiger partial charge >= 0.3 is 0 Å². The number of aryl methyl sites for hydroxylation is 2. The Morgan fingerprint density at radius 3 is 2.36 bits per heavy atom. The fraction of sp³-hybridized carbons (Fsp3) is 0.522. The second-order valence-corrected chi connectivity index (χ2v) is 7.25. The highest BCUT2D eigenvalue weighted by Crippen LogP contribution is 2.32. The first kappa shape index (κ1) is 19.4. The minimum absolute atomic E-state index is 0.539. The fourth-order valence-corrected chi connectivity index (χ4v) is 3.63. The van der Waals surface area contributed by atoms with Crippen LogP contribution in [-0.2, 0) is 12.8 Å². The van der Waals surface area contributed by atoms with Crippen LogP contribution in [0.2, 0.25) is 0 Å². The van der Waals surface area contributed by atoms with Gasteiger partial charge in [0.15, 0.2) is 5.83 Å². The van der Waals surface area contributed by atoms with E-state index in [0.717, 1.165) is 5.92 Å². The third kappa shape index (κ3) is 7.26. The highest BCUT2D eigenvalue weighted by Gasteiger charge is 2.19. The van der Waals surface area contributed by atoms with E-state index in [-0.39, 0.29) is 0 Å². The van der Waals surface area contributed by atoms with Crippen LogP contribution in [0.4, 0.5) is 4.39 Å². The average Bonchev–Trinajstić information content (AvgIpc) is 2.66. The average molecular weight is 339 g/mol. The first-order valence-corrected chi connectivity index (χ1v) is 9.73. The first-order valence-electron chi connectivity index (χ1n) is 9.73. The van der Waals surface area contributed by atoms with Crippen molar-refractivity contribution in [3.8, 4) is 6.07 Å². The lowest BCUT2D eigenvalue weighted by Crippen LogP contribution is -2.13. The van der Waals surface area contributed by atoms with Crippen molar-refractivity contribution in [3.05, 3.63) is 59.4 Å². The Morgan fingerprint density at radius 2 is 1.76 bits per heavy atom. The molecule has 134 valence electrons. The fourth-order valence-electron chi connectivity index (χ4n) is 3.63. The number of benzene rings is 1. The van der Waals surface area contributed by atoms with Gasteiger partial charge in [0.25, 0.3) is 0 Å². The summed E-state index contributed by atoms with van der Waals surface area (Å²) < 4.78 is 12.7. The van der Waals surface area contributed by atoms with Crippen molar-refractivity contribution in [1.29, 1.82) is 5.26 Å². The molecule has 1 saturated carbocycles. The molecule has 0 atom stereocenters. The third-order valence-electron chi connectivity index (χ3n) is 5.31. The van der Waals surface area contributed by atoms with E-state index in [4.69, 9.17) is 5.26 Å². The molecule has 1 aromatic carbocycles. The van der Waals surface area contributed by atoms with Crippen molar-refractivity contribution >= 4 is 0 Å². The van der Waals surface area contributed by atoms with Crippen LogP contribution in [0.1, 0.15) is 63.0 Å². The van der Waals surface area contributed by atoms with Crippen LogP contribution >= 0.6 is 0 Å². The van der Waals surface area contributed by atoms with Gasteiger partial charge in [-0.1, -0.05) is 49.8 Å². The van der Waals surface area contributed by atoms with Gasteiger partial charge in [-0.2, -0.15) is 9.65 Å². The van der Waals surface area contributed by atoms with Gasteiger partial charge in [0.2, 0.25) is 0 Å². The standard InChI is InChI=1S/C23H30FN/c1-2-3-5-19-8-12-21(13-9-19)16-17-22-14-10-20(11-15-22)6-4-7-23(24)18-25/h4,6-9,12-13,20,22H,2-3,5,10-11,14-17H2,1H3/b6-4+,23-7-. The molecule has 1 aliphatic rings. The zero-order chi connectivity index (χ0) is 17.9. The summed E-state index contributed by atoms with van der Waals surface area (Å²) in [7, 11) is 0. The monoisotopic (exact) mass is 339 g/mol. The number of nitrogens with zero attached hydrogens (tertiary/aromatic N) is 1. The van der Waals surface area contributed by atoms with Crippen molar-refractivity contribution in [3.63, 3.8) is 0 Å². The van der Waals surface area contributed by atoms with Crippen molar-refractivity contribution in [2.45, 2.75) is 64.7 Å². The number of unbranched alkanes of at least 4 members (excludes halogenated alkanes) is 1. The van der Waals surface area contributed by atoms with Crippen LogP contribution in [0.15, 0.2) is 48.3 Å². The highest BCUT2D eigenvalue weighted by molar-refractivity contribution is 5.23. The molecule has 25 heavy (non-hydrogen) atoms. The molecule has 0 N–H and O–H groups in total. The van der Waals surface area contributed by atoms with Crippen LogP contribution in [0, 0.1) is 23.2 Å². The molecule has 0 saturated heterocycles. The Balaban J connectivity index is 1.69. The maximum atomic E-state index is 12.7. The van der Waals surface area contributed by atoms with Crippen LogP contribution in [0.25, 0.3) is 0 Å². The summed E-state index contributed by atoms with van der Waals surface area (Å²) in [6.45, 7) is 2.24. The number of nitriles is 1. The number of allylic oxidation sites excluding steroid dienone is 4. The van der Waals surface area contributed by atoms with E-state index < -0.39 is 5.83 Å². The Bertz CT molecular complexity index is 598. The van der Waals surface area contributed by atoms with E-state index in [2.05, 4.69) is 37.3 Å². The van der Waals surface area contributed by atoms with Gasteiger partial charge in [-0.15, -0.1) is 0 Å². The summed E-state index contributed by atoms with van der Waals surface area (Å²) in [6, 6.07) is 10.7. The molecule has 0 unspecified atom stereocenters. The lowest BCUT2D eigenvalue weighted by molar-refractivity contribution is 0.296. The molecule has 0 aromatic heterocycles. The van der Waals surface area contributed by atoms with E-state index in [1.54, 1.807) is 6.08 Å². The molecule has 0 heterocycles. The van der Waals surface area contributed by atoms with Gasteiger partial charge in [0.05, 0.1) is 0 Å². The van der Waals surface area contributed by atoms with Crippen LogP contribution in [0.5, 0.6) is 0 Å². The van der Waals surface area contributed by atoms with Gasteiger partial charge in [-0.3, -0.25) is 0 Å². The lowest BCUT2D eigenvalue weighted by atomic mass is 9.79. The molecule has 0 spiro atoms. The van der Waals surface area contributed by atoms with Crippen molar-refractivity contribution in [2.24, 2.45) is 11.8 Å². The van der Waals surface area contributed by atoms with Crippen molar-refractivity contribution in [1.82, 2.24) is 0 Å². The zero-order valence-electron chi connectivity index (χ0n) is 15.4. The smallest absolute Gasteiger partial charge is 0.195 e. The molecule has 1 fully saturated rings. The maximum Gasteiger partial charge on any atom is 0.199 e. The van der Waals surface area contributed by atoms with E-state index in [0.29, 0.717) is 5.92 Å². The molecule has 1 aliphatic carbocycles. The third-order valence-corrected chi connectivity index (χ3v) is 5.31. The number of halogens is 1. The number of rotatable bonds is 8. The summed E-state index contributed by atoms with van der Waals surface area (Å²) in [5.41, 5.74) is 2.92. The molecule has 0 radical (unpaired) electrons. The molecular formula is C23H30FN. The first-order chi connectivity index (χ1) is 12.2. The zero-order valence-corrected chi connectivity index (χ0v) is 15.4. The van der Waals surface area contributed by atoms with Gasteiger partial charge in [-0.05, 0) is 80.4 Å². The second kappa shape index (κ2) is 10.9. The van der Waals surface area contributed by atoms with E-state index in [1.807, 2.05) is 0 Å². The van der Waals surface area contributed by atoms with Gasteiger partial charge < -0.3 is 0 Å². The Kier molecular flexibility index (Phi) is 8.46. The van der Waals surface area contributed by atoms with Crippen molar-refractivity contribution in [2.75, 3.05) is 0 Å². The normalized spacial score (nSPS) is 21.4. The summed E-state index contributed by atoms with van der Waals surface area (Å²) in [4.78, 5) is 0. The van der Waals surface area contributed by atoms with Crippen molar-refractivity contribution < 1.29 is 4.39 Å². The summed E-state index contributed by atoms with van der Waals surface area (Å²) in [5, 5.41) is 8.39. The topological polar surface area (TPSA) is 23.8 Å². The number of hydrogen-bond donors (Lipinski definition) is 0. The lowest BCUT2D eigenvalue weighted by Gasteiger charge is -2.26. The predicted molar refractivity (Wildman–Crippen MR) is 103 cm³/mol. The minimum Gasteiger partial charge on any atom is -0.195 e. The summed E-state index contributed by atoms with van der Waals surface area (Å²) >= 11 is 0. The molecule has 2 rings (SSSR count). The largest absolute Gasteiger partial charge is 0.199 e. The molecule has 0 bridgehead atoms. The second-order valence-electron chi connectivity index (χ2n) is 7.25. The molecule has 0 amide bonds. The maximum absolute atomic E-state index is 12.7. The van der Waals surface area contributed by atoms with Crippen LogP contribution < -0.4 is 0 Å². The Morgan fingerprint density at radius 1 is 1.12 bits per heavy atom. The Hall–Kier alpha value is -1.88. The molecule has 1 aromatic rings. The highest BCUT2D eigenvalue weighted by atomic mass is 19.1. The molecular weight excluding hydrogens is 309 g/mol. The number of hydrogen-bond acceptors (Lipinski definition) is 1. The van der Waals surface area contributed by atoms with E-state index in [9.17, 15) is 4.39 Å². The predicted octanol–water partition coefficient (Wildman–Crippen LogP) is 6.70. The summed E-state index contributed by atoms with van der Waals surface area (Å²) in [5.74, 6) is 0.637.